The van der Waals surface area contributed by atoms with Crippen molar-refractivity contribution in [1.29, 1.82) is 0 Å². The minimum atomic E-state index is 0.160. The van der Waals surface area contributed by atoms with E-state index in [9.17, 15) is 0 Å². The van der Waals surface area contributed by atoms with Crippen LogP contribution in [0.2, 0.25) is 0 Å². The first-order valence-corrected chi connectivity index (χ1v) is 6.07. The second-order valence-corrected chi connectivity index (χ2v) is 4.36. The molecule has 2 atom stereocenters. The van der Waals surface area contributed by atoms with Gasteiger partial charge in [-0.15, -0.1) is 11.8 Å². The van der Waals surface area contributed by atoms with Gasteiger partial charge in [0, 0.05) is 29.4 Å². The number of hydrogen-bond donors (Lipinski definition) is 2. The quantitative estimate of drug-likeness (QED) is 0.595. The van der Waals surface area contributed by atoms with Gasteiger partial charge in [0.25, 0.3) is 0 Å². The maximum Gasteiger partial charge on any atom is 0.223 e. The molecule has 0 aliphatic heterocycles. The van der Waals surface area contributed by atoms with Gasteiger partial charge in [0.15, 0.2) is 0 Å². The predicted octanol–water partition coefficient (Wildman–Crippen LogP) is 1.27. The van der Waals surface area contributed by atoms with Crippen LogP contribution in [-0.4, -0.2) is 28.3 Å². The molecule has 2 rings (SSSR count). The predicted molar refractivity (Wildman–Crippen MR) is 63.0 cm³/mol. The van der Waals surface area contributed by atoms with Crippen LogP contribution in [0.15, 0.2) is 29.4 Å². The van der Waals surface area contributed by atoms with Crippen molar-refractivity contribution in [2.24, 2.45) is 5.73 Å². The number of nitrogens with one attached hydrogen (secondary N) is 1. The highest BCUT2D eigenvalue weighted by atomic mass is 32.2. The van der Waals surface area contributed by atoms with E-state index in [-0.39, 0.29) is 12.1 Å². The fraction of sp³-hybridized carbons (Fsp3) is 0.400. The monoisotopic (exact) mass is 222 g/mol. The summed E-state index contributed by atoms with van der Waals surface area (Å²) < 4.78 is 0. The molecule has 0 radical (unpaired) electrons. The van der Waals surface area contributed by atoms with Crippen LogP contribution in [-0.2, 0) is 0 Å². The molecule has 0 fully saturated rings. The lowest BCUT2D eigenvalue weighted by atomic mass is 10.2. The normalized spacial score (nSPS) is 24.4. The Morgan fingerprint density at radius 1 is 1.40 bits per heavy atom. The van der Waals surface area contributed by atoms with E-state index in [2.05, 4.69) is 21.4 Å². The second kappa shape index (κ2) is 4.63. The summed E-state index contributed by atoms with van der Waals surface area (Å²) >= 11 is 1.63. The summed E-state index contributed by atoms with van der Waals surface area (Å²) in [5.41, 5.74) is 5.75. The van der Waals surface area contributed by atoms with Crippen molar-refractivity contribution < 1.29 is 0 Å². The van der Waals surface area contributed by atoms with E-state index in [1.165, 1.54) is 0 Å². The molecule has 0 amide bonds. The van der Waals surface area contributed by atoms with Crippen LogP contribution in [0.4, 0.5) is 5.95 Å². The maximum atomic E-state index is 5.75. The molecule has 4 nitrogen and oxygen atoms in total. The Kier molecular flexibility index (Phi) is 3.23. The molecule has 0 saturated heterocycles. The van der Waals surface area contributed by atoms with Crippen LogP contribution >= 0.6 is 11.8 Å². The van der Waals surface area contributed by atoms with Crippen LogP contribution in [0.25, 0.3) is 0 Å². The fourth-order valence-corrected chi connectivity index (χ4v) is 1.81. The molecular formula is C10H14N4S. The van der Waals surface area contributed by atoms with Gasteiger partial charge in [0.05, 0.1) is 0 Å². The van der Waals surface area contributed by atoms with Crippen molar-refractivity contribution in [3.8, 4) is 0 Å². The van der Waals surface area contributed by atoms with E-state index in [1.54, 1.807) is 11.8 Å². The Hall–Kier alpha value is -1.07. The van der Waals surface area contributed by atoms with E-state index in [0.29, 0.717) is 5.95 Å². The average molecular weight is 222 g/mol. The molecule has 5 heteroatoms. The minimum absolute atomic E-state index is 0.160. The number of nitrogens with zero attached hydrogens (tertiary/aromatic N) is 2. The lowest BCUT2D eigenvalue weighted by Crippen LogP contribution is -2.22. The van der Waals surface area contributed by atoms with E-state index in [4.69, 9.17) is 5.73 Å². The number of anilines is 1. The summed E-state index contributed by atoms with van der Waals surface area (Å²) in [6, 6.07) is 0.424. The third kappa shape index (κ3) is 2.70. The molecule has 1 aromatic rings. The van der Waals surface area contributed by atoms with E-state index < -0.39 is 0 Å². The number of hydrogen-bond acceptors (Lipinski definition) is 5. The summed E-state index contributed by atoms with van der Waals surface area (Å²) in [6.07, 6.45) is 10.6. The van der Waals surface area contributed by atoms with Gasteiger partial charge in [-0.1, -0.05) is 12.2 Å². The van der Waals surface area contributed by atoms with Crippen LogP contribution < -0.4 is 11.1 Å². The zero-order valence-electron chi connectivity index (χ0n) is 8.55. The van der Waals surface area contributed by atoms with Crippen LogP contribution in [0.5, 0.6) is 0 Å². The highest BCUT2D eigenvalue weighted by Crippen LogP contribution is 2.15. The van der Waals surface area contributed by atoms with Gasteiger partial charge in [-0.2, -0.15) is 0 Å². The van der Waals surface area contributed by atoms with Crippen LogP contribution in [0.1, 0.15) is 6.42 Å². The van der Waals surface area contributed by atoms with E-state index in [0.717, 1.165) is 11.3 Å². The highest BCUT2D eigenvalue weighted by Gasteiger charge is 2.15. The largest absolute Gasteiger partial charge is 0.348 e. The van der Waals surface area contributed by atoms with Crippen molar-refractivity contribution in [3.63, 3.8) is 0 Å². The van der Waals surface area contributed by atoms with Crippen LogP contribution in [0, 0.1) is 0 Å². The lowest BCUT2D eigenvalue weighted by Gasteiger charge is -2.11. The maximum absolute atomic E-state index is 5.75. The molecule has 0 bridgehead atoms. The molecule has 15 heavy (non-hydrogen) atoms. The van der Waals surface area contributed by atoms with Crippen LogP contribution in [0.3, 0.4) is 0 Å². The topological polar surface area (TPSA) is 63.8 Å². The number of aromatic nitrogens is 2. The molecule has 80 valence electrons. The second-order valence-electron chi connectivity index (χ2n) is 3.48. The summed E-state index contributed by atoms with van der Waals surface area (Å²) in [6.45, 7) is 0. The SMILES string of the molecule is CSc1cnc(N[C@H]2C=C[C@H](N)C2)nc1. The Bertz CT molecular complexity index is 349. The number of nitrogens with two attached hydrogens (primary N) is 1. The molecule has 1 heterocycles. The van der Waals surface area contributed by atoms with Gasteiger partial charge in [-0.05, 0) is 12.7 Å². The molecule has 0 saturated carbocycles. The zero-order chi connectivity index (χ0) is 10.7. The zero-order valence-corrected chi connectivity index (χ0v) is 9.37. The number of thioether (sulfide) groups is 1. The molecule has 0 unspecified atom stereocenters. The standard InChI is InChI=1S/C10H14N4S/c1-15-9-5-12-10(13-6-9)14-8-3-2-7(11)4-8/h2-3,5-8H,4,11H2,1H3,(H,12,13,14)/t7-,8-/m0/s1. The third-order valence-electron chi connectivity index (χ3n) is 2.30. The minimum Gasteiger partial charge on any atom is -0.348 e. The third-order valence-corrected chi connectivity index (χ3v) is 2.98. The Balaban J connectivity index is 1.96. The van der Waals surface area contributed by atoms with Gasteiger partial charge in [0.1, 0.15) is 0 Å². The first-order chi connectivity index (χ1) is 7.28. The molecule has 1 aromatic heterocycles. The van der Waals surface area contributed by atoms with Gasteiger partial charge in [-0.25, -0.2) is 9.97 Å². The van der Waals surface area contributed by atoms with Crippen molar-refractivity contribution >= 4 is 17.7 Å². The summed E-state index contributed by atoms with van der Waals surface area (Å²) in [4.78, 5) is 9.51. The van der Waals surface area contributed by atoms with Crippen molar-refractivity contribution in [1.82, 2.24) is 9.97 Å². The summed E-state index contributed by atoms with van der Waals surface area (Å²) in [5, 5.41) is 3.22. The summed E-state index contributed by atoms with van der Waals surface area (Å²) in [7, 11) is 0. The molecule has 1 aliphatic rings. The fourth-order valence-electron chi connectivity index (χ4n) is 1.50. The molecule has 0 spiro atoms. The number of rotatable bonds is 3. The first kappa shape index (κ1) is 10.4. The summed E-state index contributed by atoms with van der Waals surface area (Å²) in [5.74, 6) is 0.663. The molecule has 0 aromatic carbocycles. The van der Waals surface area contributed by atoms with E-state index >= 15 is 0 Å². The van der Waals surface area contributed by atoms with Gasteiger partial charge in [0.2, 0.25) is 5.95 Å². The Labute approximate surface area is 93.4 Å². The first-order valence-electron chi connectivity index (χ1n) is 4.84. The van der Waals surface area contributed by atoms with E-state index in [1.807, 2.05) is 24.7 Å². The van der Waals surface area contributed by atoms with Gasteiger partial charge >= 0.3 is 0 Å². The molecular weight excluding hydrogens is 208 g/mol. The average Bonchev–Trinajstić information content (AvgIpc) is 2.65. The lowest BCUT2D eigenvalue weighted by molar-refractivity contribution is 0.722. The van der Waals surface area contributed by atoms with Gasteiger partial charge in [-0.3, -0.25) is 0 Å². The van der Waals surface area contributed by atoms with Crippen molar-refractivity contribution in [2.75, 3.05) is 11.6 Å². The van der Waals surface area contributed by atoms with Crippen molar-refractivity contribution in [3.05, 3.63) is 24.5 Å². The Morgan fingerprint density at radius 2 is 2.13 bits per heavy atom. The van der Waals surface area contributed by atoms with Gasteiger partial charge < -0.3 is 11.1 Å². The highest BCUT2D eigenvalue weighted by molar-refractivity contribution is 7.98. The Morgan fingerprint density at radius 3 is 2.67 bits per heavy atom. The smallest absolute Gasteiger partial charge is 0.223 e. The molecule has 3 N–H and O–H groups in total. The van der Waals surface area contributed by atoms with Crippen molar-refractivity contribution in [2.45, 2.75) is 23.4 Å². The molecule has 1 aliphatic carbocycles.